The minimum atomic E-state index is -0.206. The smallest absolute Gasteiger partial charge is 0.123 e. The molecule has 0 aliphatic carbocycles. The zero-order chi connectivity index (χ0) is 13.1. The van der Waals surface area contributed by atoms with Crippen molar-refractivity contribution in [3.8, 4) is 0 Å². The Bertz CT molecular complexity index is 534. The molecule has 2 rings (SSSR count). The van der Waals surface area contributed by atoms with Crippen LogP contribution in [0.2, 0.25) is 0 Å². The van der Waals surface area contributed by atoms with Crippen molar-refractivity contribution in [2.75, 3.05) is 5.32 Å². The van der Waals surface area contributed by atoms with Gasteiger partial charge in [-0.25, -0.2) is 4.39 Å². The van der Waals surface area contributed by atoms with Crippen LogP contribution in [0.5, 0.6) is 0 Å². The van der Waals surface area contributed by atoms with Gasteiger partial charge in [0.2, 0.25) is 0 Å². The van der Waals surface area contributed by atoms with Crippen LogP contribution < -0.4 is 5.32 Å². The van der Waals surface area contributed by atoms with E-state index in [9.17, 15) is 4.39 Å². The Kier molecular flexibility index (Phi) is 3.65. The summed E-state index contributed by atoms with van der Waals surface area (Å²) >= 11 is 0. The number of hydrogen-bond donors (Lipinski definition) is 1. The number of halogens is 1. The van der Waals surface area contributed by atoms with Crippen LogP contribution in [-0.2, 0) is 13.5 Å². The lowest BCUT2D eigenvalue weighted by Crippen LogP contribution is -2.07. The van der Waals surface area contributed by atoms with E-state index in [2.05, 4.69) is 17.3 Å². The van der Waals surface area contributed by atoms with Gasteiger partial charge in [0.05, 0.1) is 11.4 Å². The Morgan fingerprint density at radius 3 is 2.89 bits per heavy atom. The Balaban J connectivity index is 2.18. The van der Waals surface area contributed by atoms with Gasteiger partial charge in [0.15, 0.2) is 0 Å². The number of anilines is 1. The molecule has 1 unspecified atom stereocenters. The van der Waals surface area contributed by atoms with Gasteiger partial charge in [0.1, 0.15) is 5.82 Å². The Labute approximate surface area is 107 Å². The Morgan fingerprint density at radius 2 is 2.22 bits per heavy atom. The highest BCUT2D eigenvalue weighted by atomic mass is 19.1. The molecule has 18 heavy (non-hydrogen) atoms. The molecule has 1 aromatic carbocycles. The molecule has 0 bridgehead atoms. The van der Waals surface area contributed by atoms with Gasteiger partial charge in [-0.3, -0.25) is 4.68 Å². The van der Waals surface area contributed by atoms with Crippen molar-refractivity contribution in [1.82, 2.24) is 9.78 Å². The maximum Gasteiger partial charge on any atom is 0.123 e. The zero-order valence-corrected chi connectivity index (χ0v) is 10.9. The number of rotatable bonds is 4. The molecule has 1 atom stereocenters. The van der Waals surface area contributed by atoms with Crippen molar-refractivity contribution in [3.63, 3.8) is 0 Å². The topological polar surface area (TPSA) is 29.9 Å². The van der Waals surface area contributed by atoms with Crippen LogP contribution in [0.3, 0.4) is 0 Å². The quantitative estimate of drug-likeness (QED) is 0.898. The first-order valence-corrected chi connectivity index (χ1v) is 6.14. The summed E-state index contributed by atoms with van der Waals surface area (Å²) in [4.78, 5) is 0. The first kappa shape index (κ1) is 12.6. The third-order valence-electron chi connectivity index (χ3n) is 2.96. The monoisotopic (exact) mass is 247 g/mol. The standard InChI is InChI=1S/C14H18FN3/c1-4-13-14(9-18(3)17-13)16-10(2)11-6-5-7-12(15)8-11/h5-10,16H,4H2,1-3H3. The van der Waals surface area contributed by atoms with Crippen molar-refractivity contribution in [2.45, 2.75) is 26.3 Å². The predicted octanol–water partition coefficient (Wildman–Crippen LogP) is 3.29. The van der Waals surface area contributed by atoms with Gasteiger partial charge in [-0.1, -0.05) is 19.1 Å². The molecule has 4 heteroatoms. The summed E-state index contributed by atoms with van der Waals surface area (Å²) in [6.07, 6.45) is 2.83. The van der Waals surface area contributed by atoms with Crippen molar-refractivity contribution in [1.29, 1.82) is 0 Å². The highest BCUT2D eigenvalue weighted by Crippen LogP contribution is 2.22. The fourth-order valence-electron chi connectivity index (χ4n) is 2.01. The van der Waals surface area contributed by atoms with Gasteiger partial charge in [0.25, 0.3) is 0 Å². The largest absolute Gasteiger partial charge is 0.376 e. The molecule has 0 amide bonds. The average Bonchev–Trinajstić information content (AvgIpc) is 2.69. The normalized spacial score (nSPS) is 12.4. The third-order valence-corrected chi connectivity index (χ3v) is 2.96. The summed E-state index contributed by atoms with van der Waals surface area (Å²) < 4.78 is 15.0. The van der Waals surface area contributed by atoms with Gasteiger partial charge in [0, 0.05) is 19.3 Å². The Morgan fingerprint density at radius 1 is 1.44 bits per heavy atom. The number of nitrogens with zero attached hydrogens (tertiary/aromatic N) is 2. The highest BCUT2D eigenvalue weighted by Gasteiger charge is 2.10. The summed E-state index contributed by atoms with van der Waals surface area (Å²) in [6.45, 7) is 4.08. The van der Waals surface area contributed by atoms with Gasteiger partial charge in [-0.15, -0.1) is 0 Å². The zero-order valence-electron chi connectivity index (χ0n) is 10.9. The van der Waals surface area contributed by atoms with Crippen molar-refractivity contribution >= 4 is 5.69 Å². The van der Waals surface area contributed by atoms with Crippen LogP contribution in [-0.4, -0.2) is 9.78 Å². The lowest BCUT2D eigenvalue weighted by atomic mass is 10.1. The summed E-state index contributed by atoms with van der Waals surface area (Å²) in [5, 5.41) is 7.75. The van der Waals surface area contributed by atoms with E-state index < -0.39 is 0 Å². The van der Waals surface area contributed by atoms with E-state index in [1.165, 1.54) is 6.07 Å². The first-order valence-electron chi connectivity index (χ1n) is 6.14. The van der Waals surface area contributed by atoms with E-state index >= 15 is 0 Å². The maximum absolute atomic E-state index is 13.2. The van der Waals surface area contributed by atoms with Gasteiger partial charge in [-0.05, 0) is 31.0 Å². The molecule has 1 heterocycles. The number of aromatic nitrogens is 2. The number of benzene rings is 1. The van der Waals surface area contributed by atoms with Crippen LogP contribution in [0.4, 0.5) is 10.1 Å². The predicted molar refractivity (Wildman–Crippen MR) is 71.0 cm³/mol. The lowest BCUT2D eigenvalue weighted by Gasteiger charge is -2.15. The number of aryl methyl sites for hydroxylation is 2. The van der Waals surface area contributed by atoms with Crippen LogP contribution in [0, 0.1) is 5.82 Å². The average molecular weight is 247 g/mol. The lowest BCUT2D eigenvalue weighted by molar-refractivity contribution is 0.623. The summed E-state index contributed by atoms with van der Waals surface area (Å²) in [5.41, 5.74) is 2.97. The van der Waals surface area contributed by atoms with E-state index in [1.54, 1.807) is 16.8 Å². The molecule has 0 aliphatic rings. The van der Waals surface area contributed by atoms with E-state index in [0.29, 0.717) is 0 Å². The molecule has 0 aliphatic heterocycles. The van der Waals surface area contributed by atoms with Gasteiger partial charge >= 0.3 is 0 Å². The minimum absolute atomic E-state index is 0.0511. The molecule has 0 fully saturated rings. The van der Waals surface area contributed by atoms with Crippen molar-refractivity contribution < 1.29 is 4.39 Å². The second kappa shape index (κ2) is 5.21. The molecule has 0 spiro atoms. The van der Waals surface area contributed by atoms with Crippen LogP contribution in [0.25, 0.3) is 0 Å². The van der Waals surface area contributed by atoms with Crippen LogP contribution in [0.1, 0.15) is 31.1 Å². The SMILES string of the molecule is CCc1nn(C)cc1NC(C)c1cccc(F)c1. The minimum Gasteiger partial charge on any atom is -0.376 e. The van der Waals surface area contributed by atoms with Crippen LogP contribution in [0.15, 0.2) is 30.5 Å². The molecule has 2 aromatic rings. The fourth-order valence-corrected chi connectivity index (χ4v) is 2.01. The first-order chi connectivity index (χ1) is 8.60. The molecular weight excluding hydrogens is 229 g/mol. The number of nitrogens with one attached hydrogen (secondary N) is 1. The van der Waals surface area contributed by atoms with E-state index in [4.69, 9.17) is 0 Å². The second-order valence-corrected chi connectivity index (χ2v) is 4.44. The third kappa shape index (κ3) is 2.70. The molecule has 96 valence electrons. The van der Waals surface area contributed by atoms with E-state index in [1.807, 2.05) is 26.2 Å². The van der Waals surface area contributed by atoms with Crippen LogP contribution >= 0.6 is 0 Å². The van der Waals surface area contributed by atoms with E-state index in [-0.39, 0.29) is 11.9 Å². The summed E-state index contributed by atoms with van der Waals surface area (Å²) in [5.74, 6) is -0.206. The molecule has 1 aromatic heterocycles. The van der Waals surface area contributed by atoms with Gasteiger partial charge < -0.3 is 5.32 Å². The molecule has 0 saturated carbocycles. The molecule has 0 saturated heterocycles. The number of hydrogen-bond acceptors (Lipinski definition) is 2. The Hall–Kier alpha value is -1.84. The molecule has 3 nitrogen and oxygen atoms in total. The summed E-state index contributed by atoms with van der Waals surface area (Å²) in [6, 6.07) is 6.71. The van der Waals surface area contributed by atoms with E-state index in [0.717, 1.165) is 23.4 Å². The molecule has 0 radical (unpaired) electrons. The van der Waals surface area contributed by atoms with Gasteiger partial charge in [-0.2, -0.15) is 5.10 Å². The summed E-state index contributed by atoms with van der Waals surface area (Å²) in [7, 11) is 1.90. The maximum atomic E-state index is 13.2. The second-order valence-electron chi connectivity index (χ2n) is 4.44. The molecular formula is C14H18FN3. The van der Waals surface area contributed by atoms with Crippen molar-refractivity contribution in [2.24, 2.45) is 7.05 Å². The fraction of sp³-hybridized carbons (Fsp3) is 0.357. The molecule has 1 N–H and O–H groups in total. The van der Waals surface area contributed by atoms with Crippen molar-refractivity contribution in [3.05, 3.63) is 47.5 Å². The highest BCUT2D eigenvalue weighted by molar-refractivity contribution is 5.48.